The fourth-order valence-corrected chi connectivity index (χ4v) is 3.80. The highest BCUT2D eigenvalue weighted by molar-refractivity contribution is 6.30. The van der Waals surface area contributed by atoms with Crippen molar-refractivity contribution in [1.29, 1.82) is 0 Å². The molecule has 3 heteroatoms. The van der Waals surface area contributed by atoms with Gasteiger partial charge in [-0.3, -0.25) is 0 Å². The molecule has 1 aromatic carbocycles. The summed E-state index contributed by atoms with van der Waals surface area (Å²) < 4.78 is 0. The minimum absolute atomic E-state index is 0.386. The summed E-state index contributed by atoms with van der Waals surface area (Å²) in [5, 5.41) is 4.62. The van der Waals surface area contributed by atoms with Gasteiger partial charge in [0.15, 0.2) is 0 Å². The van der Waals surface area contributed by atoms with Crippen molar-refractivity contribution in [2.24, 2.45) is 0 Å². The Balaban J connectivity index is 1.59. The number of nitrogens with one attached hydrogen (secondary N) is 1. The fraction of sp³-hybridized carbons (Fsp3) is 0.625. The van der Waals surface area contributed by atoms with Gasteiger partial charge in [-0.2, -0.15) is 0 Å². The van der Waals surface area contributed by atoms with Gasteiger partial charge in [0.05, 0.1) is 0 Å². The first-order chi connectivity index (χ1) is 9.22. The average Bonchev–Trinajstić information content (AvgIpc) is 2.86. The van der Waals surface area contributed by atoms with Crippen molar-refractivity contribution in [2.75, 3.05) is 13.1 Å². The third-order valence-corrected chi connectivity index (χ3v) is 4.89. The summed E-state index contributed by atoms with van der Waals surface area (Å²) in [6, 6.07) is 10.1. The second-order valence-electron chi connectivity index (χ2n) is 6.00. The molecule has 2 fully saturated rings. The van der Waals surface area contributed by atoms with E-state index in [-0.39, 0.29) is 0 Å². The van der Waals surface area contributed by atoms with E-state index in [2.05, 4.69) is 29.3 Å². The summed E-state index contributed by atoms with van der Waals surface area (Å²) in [6.45, 7) is 4.83. The lowest BCUT2D eigenvalue weighted by atomic mass is 9.96. The molecule has 0 aliphatic carbocycles. The number of nitrogens with zero attached hydrogens (tertiary/aromatic N) is 1. The Morgan fingerprint density at radius 1 is 1.32 bits per heavy atom. The van der Waals surface area contributed by atoms with Crippen LogP contribution in [0.2, 0.25) is 5.02 Å². The molecule has 2 aliphatic rings. The van der Waals surface area contributed by atoms with Crippen LogP contribution in [0.15, 0.2) is 24.3 Å². The van der Waals surface area contributed by atoms with Gasteiger partial charge in [0.1, 0.15) is 0 Å². The summed E-state index contributed by atoms with van der Waals surface area (Å²) in [5.41, 5.74) is 1.29. The molecule has 3 atom stereocenters. The third-order valence-electron chi connectivity index (χ3n) is 4.65. The molecular formula is C16H23ClN2. The molecule has 1 N–H and O–H groups in total. The maximum atomic E-state index is 6.07. The van der Waals surface area contributed by atoms with Crippen LogP contribution in [-0.2, 0) is 0 Å². The predicted molar refractivity (Wildman–Crippen MR) is 80.6 cm³/mol. The smallest absolute Gasteiger partial charge is 0.0409 e. The van der Waals surface area contributed by atoms with Crippen LogP contribution in [0.1, 0.15) is 44.2 Å². The van der Waals surface area contributed by atoms with Crippen molar-refractivity contribution in [2.45, 2.75) is 50.7 Å². The molecule has 0 aromatic heterocycles. The topological polar surface area (TPSA) is 15.3 Å². The summed E-state index contributed by atoms with van der Waals surface area (Å²) in [6.07, 6.45) is 5.37. The maximum Gasteiger partial charge on any atom is 0.0409 e. The number of fused-ring (bicyclic) bond motifs is 1. The lowest BCUT2D eigenvalue weighted by Crippen LogP contribution is -2.46. The van der Waals surface area contributed by atoms with Crippen LogP contribution in [0.5, 0.6) is 0 Å². The molecule has 1 aromatic rings. The van der Waals surface area contributed by atoms with Crippen LogP contribution < -0.4 is 5.32 Å². The highest BCUT2D eigenvalue weighted by Gasteiger charge is 2.31. The molecule has 0 amide bonds. The Kier molecular flexibility index (Phi) is 4.11. The van der Waals surface area contributed by atoms with Gasteiger partial charge in [0, 0.05) is 23.1 Å². The molecule has 0 saturated carbocycles. The molecule has 2 saturated heterocycles. The Hall–Kier alpha value is -0.570. The minimum Gasteiger partial charge on any atom is -0.307 e. The monoisotopic (exact) mass is 278 g/mol. The van der Waals surface area contributed by atoms with Crippen LogP contribution in [0.25, 0.3) is 0 Å². The first-order valence-corrected chi connectivity index (χ1v) is 7.86. The van der Waals surface area contributed by atoms with E-state index in [4.69, 9.17) is 11.6 Å². The molecule has 0 bridgehead atoms. The first kappa shape index (κ1) is 13.4. The highest BCUT2D eigenvalue weighted by atomic mass is 35.5. The number of piperidine rings is 1. The summed E-state index contributed by atoms with van der Waals surface area (Å²) in [7, 11) is 0. The summed E-state index contributed by atoms with van der Waals surface area (Å²) >= 11 is 6.07. The van der Waals surface area contributed by atoms with E-state index in [1.54, 1.807) is 0 Å². The van der Waals surface area contributed by atoms with Gasteiger partial charge in [0.2, 0.25) is 0 Å². The van der Waals surface area contributed by atoms with Gasteiger partial charge in [-0.05, 0) is 63.4 Å². The van der Waals surface area contributed by atoms with Crippen molar-refractivity contribution in [3.05, 3.63) is 34.9 Å². The average molecular weight is 279 g/mol. The molecular weight excluding hydrogens is 256 g/mol. The Bertz CT molecular complexity index is 435. The van der Waals surface area contributed by atoms with Crippen molar-refractivity contribution in [3.63, 3.8) is 0 Å². The van der Waals surface area contributed by atoms with E-state index < -0.39 is 0 Å². The Morgan fingerprint density at radius 2 is 2.21 bits per heavy atom. The van der Waals surface area contributed by atoms with E-state index in [9.17, 15) is 0 Å². The van der Waals surface area contributed by atoms with E-state index in [0.29, 0.717) is 12.1 Å². The van der Waals surface area contributed by atoms with Crippen molar-refractivity contribution < 1.29 is 0 Å². The summed E-state index contributed by atoms with van der Waals surface area (Å²) in [5.74, 6) is 0. The van der Waals surface area contributed by atoms with Gasteiger partial charge in [0.25, 0.3) is 0 Å². The van der Waals surface area contributed by atoms with Gasteiger partial charge in [-0.1, -0.05) is 23.7 Å². The van der Waals surface area contributed by atoms with Crippen LogP contribution in [-0.4, -0.2) is 30.1 Å². The summed E-state index contributed by atoms with van der Waals surface area (Å²) in [4.78, 5) is 2.67. The molecule has 2 unspecified atom stereocenters. The number of hydrogen-bond donors (Lipinski definition) is 1. The maximum absolute atomic E-state index is 6.07. The molecule has 19 heavy (non-hydrogen) atoms. The fourth-order valence-electron chi connectivity index (χ4n) is 3.60. The SMILES string of the molecule is C[C@@H](NC1CCN2CCCC2C1)c1cccc(Cl)c1. The lowest BCUT2D eigenvalue weighted by molar-refractivity contribution is 0.162. The van der Waals surface area contributed by atoms with Crippen LogP contribution >= 0.6 is 11.6 Å². The van der Waals surface area contributed by atoms with Gasteiger partial charge < -0.3 is 10.2 Å². The van der Waals surface area contributed by atoms with Crippen molar-refractivity contribution in [3.8, 4) is 0 Å². The zero-order chi connectivity index (χ0) is 13.2. The first-order valence-electron chi connectivity index (χ1n) is 7.48. The molecule has 104 valence electrons. The minimum atomic E-state index is 0.386. The molecule has 0 radical (unpaired) electrons. The van der Waals surface area contributed by atoms with Gasteiger partial charge >= 0.3 is 0 Å². The van der Waals surface area contributed by atoms with Crippen LogP contribution in [0.3, 0.4) is 0 Å². The highest BCUT2D eigenvalue weighted by Crippen LogP contribution is 2.28. The second kappa shape index (κ2) is 5.82. The standard InChI is InChI=1S/C16H23ClN2/c1-12(13-4-2-5-14(17)10-13)18-15-7-9-19-8-3-6-16(19)11-15/h2,4-5,10,12,15-16,18H,3,6-9,11H2,1H3/t12-,15?,16?/m1/s1. The number of hydrogen-bond acceptors (Lipinski definition) is 2. The van der Waals surface area contributed by atoms with Crippen molar-refractivity contribution in [1.82, 2.24) is 10.2 Å². The van der Waals surface area contributed by atoms with Crippen molar-refractivity contribution >= 4 is 11.6 Å². The van der Waals surface area contributed by atoms with E-state index in [0.717, 1.165) is 11.1 Å². The van der Waals surface area contributed by atoms with Gasteiger partial charge in [-0.15, -0.1) is 0 Å². The van der Waals surface area contributed by atoms with Gasteiger partial charge in [-0.25, -0.2) is 0 Å². The second-order valence-corrected chi connectivity index (χ2v) is 6.43. The van der Waals surface area contributed by atoms with E-state index >= 15 is 0 Å². The zero-order valence-electron chi connectivity index (χ0n) is 11.6. The normalized spacial score (nSPS) is 29.2. The number of benzene rings is 1. The van der Waals surface area contributed by atoms with Crippen LogP contribution in [0.4, 0.5) is 0 Å². The number of rotatable bonds is 3. The van der Waals surface area contributed by atoms with E-state index in [1.807, 2.05) is 12.1 Å². The van der Waals surface area contributed by atoms with E-state index in [1.165, 1.54) is 44.3 Å². The zero-order valence-corrected chi connectivity index (χ0v) is 12.4. The third kappa shape index (κ3) is 3.13. The molecule has 2 heterocycles. The number of halogens is 1. The molecule has 0 spiro atoms. The molecule has 2 aliphatic heterocycles. The molecule has 2 nitrogen and oxygen atoms in total. The Labute approximate surface area is 121 Å². The lowest BCUT2D eigenvalue weighted by Gasteiger charge is -2.36. The van der Waals surface area contributed by atoms with Crippen LogP contribution in [0, 0.1) is 0 Å². The predicted octanol–water partition coefficient (Wildman–Crippen LogP) is 3.62. The molecule has 3 rings (SSSR count). The largest absolute Gasteiger partial charge is 0.307 e. The quantitative estimate of drug-likeness (QED) is 0.909. The Morgan fingerprint density at radius 3 is 3.05 bits per heavy atom.